The molecular formula is C14H16ClN3. The van der Waals surface area contributed by atoms with Crippen LogP contribution >= 0.6 is 11.6 Å². The largest absolute Gasteiger partial charge is 0.398 e. The van der Waals surface area contributed by atoms with Gasteiger partial charge in [-0.05, 0) is 24.3 Å². The van der Waals surface area contributed by atoms with E-state index in [1.54, 1.807) is 18.3 Å². The summed E-state index contributed by atoms with van der Waals surface area (Å²) in [6, 6.07) is 7.37. The molecule has 0 aliphatic heterocycles. The first kappa shape index (κ1) is 12.8. The monoisotopic (exact) mass is 261 g/mol. The number of rotatable bonds is 1. The maximum absolute atomic E-state index is 5.91. The molecular weight excluding hydrogens is 246 g/mol. The minimum absolute atomic E-state index is 0.00431. The van der Waals surface area contributed by atoms with Crippen molar-refractivity contribution < 1.29 is 0 Å². The Labute approximate surface area is 112 Å². The van der Waals surface area contributed by atoms with E-state index in [2.05, 4.69) is 30.7 Å². The molecule has 94 valence electrons. The summed E-state index contributed by atoms with van der Waals surface area (Å²) >= 11 is 5.91. The van der Waals surface area contributed by atoms with Crippen molar-refractivity contribution in [2.24, 2.45) is 0 Å². The van der Waals surface area contributed by atoms with Crippen LogP contribution in [-0.4, -0.2) is 9.97 Å². The molecule has 3 nitrogen and oxygen atoms in total. The molecule has 0 radical (unpaired) electrons. The minimum Gasteiger partial charge on any atom is -0.398 e. The van der Waals surface area contributed by atoms with Crippen LogP contribution in [0, 0.1) is 0 Å². The summed E-state index contributed by atoms with van der Waals surface area (Å²) in [5, 5.41) is 0.547. The summed E-state index contributed by atoms with van der Waals surface area (Å²) in [5.74, 6) is 0.672. The normalized spacial score (nSPS) is 11.6. The highest BCUT2D eigenvalue weighted by molar-refractivity contribution is 6.33. The molecule has 0 saturated carbocycles. The fourth-order valence-corrected chi connectivity index (χ4v) is 1.72. The van der Waals surface area contributed by atoms with Crippen LogP contribution < -0.4 is 5.73 Å². The molecule has 0 fully saturated rings. The summed E-state index contributed by atoms with van der Waals surface area (Å²) in [5.41, 5.74) is 8.21. The molecule has 18 heavy (non-hydrogen) atoms. The molecule has 0 unspecified atom stereocenters. The maximum atomic E-state index is 5.91. The first-order valence-corrected chi connectivity index (χ1v) is 6.14. The lowest BCUT2D eigenvalue weighted by molar-refractivity contribution is 0.568. The first-order valence-electron chi connectivity index (χ1n) is 5.77. The van der Waals surface area contributed by atoms with Crippen molar-refractivity contribution in [3.05, 3.63) is 41.2 Å². The Kier molecular flexibility index (Phi) is 3.26. The third-order valence-electron chi connectivity index (χ3n) is 2.68. The van der Waals surface area contributed by atoms with Gasteiger partial charge in [-0.1, -0.05) is 32.4 Å². The summed E-state index contributed by atoms with van der Waals surface area (Å²) in [4.78, 5) is 8.86. The number of halogens is 1. The van der Waals surface area contributed by atoms with Crippen molar-refractivity contribution in [1.29, 1.82) is 0 Å². The van der Waals surface area contributed by atoms with Crippen LogP contribution in [0.5, 0.6) is 0 Å². The van der Waals surface area contributed by atoms with Crippen LogP contribution in [0.3, 0.4) is 0 Å². The van der Waals surface area contributed by atoms with Gasteiger partial charge in [-0.15, -0.1) is 0 Å². The fraction of sp³-hybridized carbons (Fsp3) is 0.286. The number of nitrogens with zero attached hydrogens (tertiary/aromatic N) is 2. The maximum Gasteiger partial charge on any atom is 0.159 e. The molecule has 0 spiro atoms. The van der Waals surface area contributed by atoms with Crippen molar-refractivity contribution in [3.63, 3.8) is 0 Å². The molecule has 2 aromatic rings. The number of nitrogen functional groups attached to an aromatic ring is 1. The molecule has 2 rings (SSSR count). The molecule has 4 heteroatoms. The van der Waals surface area contributed by atoms with Gasteiger partial charge >= 0.3 is 0 Å². The van der Waals surface area contributed by atoms with Gasteiger partial charge in [0.2, 0.25) is 0 Å². The highest BCUT2D eigenvalue weighted by atomic mass is 35.5. The molecule has 0 amide bonds. The molecule has 0 bridgehead atoms. The second-order valence-corrected chi connectivity index (χ2v) is 5.66. The smallest absolute Gasteiger partial charge is 0.159 e. The number of benzene rings is 1. The highest BCUT2D eigenvalue weighted by Crippen LogP contribution is 2.26. The van der Waals surface area contributed by atoms with E-state index in [1.165, 1.54) is 0 Å². The lowest BCUT2D eigenvalue weighted by Gasteiger charge is -2.17. The Morgan fingerprint density at radius 1 is 1.17 bits per heavy atom. The molecule has 0 saturated heterocycles. The van der Waals surface area contributed by atoms with Crippen LogP contribution in [0.15, 0.2) is 30.5 Å². The van der Waals surface area contributed by atoms with E-state index in [-0.39, 0.29) is 5.41 Å². The Bertz CT molecular complexity index is 573. The number of anilines is 1. The third-order valence-corrected chi connectivity index (χ3v) is 3.02. The zero-order chi connectivity index (χ0) is 13.3. The number of aromatic nitrogens is 2. The minimum atomic E-state index is -0.00431. The SMILES string of the molecule is CC(C)(C)c1ccnc(-c2ccc(Cl)c(N)c2)n1. The van der Waals surface area contributed by atoms with Gasteiger partial charge < -0.3 is 5.73 Å². The Morgan fingerprint density at radius 2 is 1.89 bits per heavy atom. The van der Waals surface area contributed by atoms with Crippen LogP contribution in [0.25, 0.3) is 11.4 Å². The van der Waals surface area contributed by atoms with E-state index in [0.29, 0.717) is 16.5 Å². The lowest BCUT2D eigenvalue weighted by Crippen LogP contribution is -2.14. The number of nitrogens with two attached hydrogens (primary N) is 1. The van der Waals surface area contributed by atoms with Gasteiger partial charge in [0, 0.05) is 22.9 Å². The number of hydrogen-bond donors (Lipinski definition) is 1. The van der Waals surface area contributed by atoms with Crippen LogP contribution in [-0.2, 0) is 5.41 Å². The van der Waals surface area contributed by atoms with Crippen molar-refractivity contribution in [2.75, 3.05) is 5.73 Å². The van der Waals surface area contributed by atoms with Crippen LogP contribution in [0.2, 0.25) is 5.02 Å². The van der Waals surface area contributed by atoms with Gasteiger partial charge in [-0.2, -0.15) is 0 Å². The van der Waals surface area contributed by atoms with Crippen LogP contribution in [0.1, 0.15) is 26.5 Å². The summed E-state index contributed by atoms with van der Waals surface area (Å²) in [7, 11) is 0. The standard InChI is InChI=1S/C14H16ClN3/c1-14(2,3)12-6-7-17-13(18-12)9-4-5-10(15)11(16)8-9/h4-8H,16H2,1-3H3. The topological polar surface area (TPSA) is 51.8 Å². The quantitative estimate of drug-likeness (QED) is 0.797. The van der Waals surface area contributed by atoms with E-state index >= 15 is 0 Å². The number of hydrogen-bond acceptors (Lipinski definition) is 3. The highest BCUT2D eigenvalue weighted by Gasteiger charge is 2.16. The van der Waals surface area contributed by atoms with E-state index in [0.717, 1.165) is 11.3 Å². The van der Waals surface area contributed by atoms with Crippen LogP contribution in [0.4, 0.5) is 5.69 Å². The molecule has 0 aliphatic carbocycles. The second kappa shape index (κ2) is 4.58. The van der Waals surface area contributed by atoms with E-state index < -0.39 is 0 Å². The Balaban J connectivity index is 2.48. The third kappa shape index (κ3) is 2.62. The molecule has 1 heterocycles. The predicted octanol–water partition coefficient (Wildman–Crippen LogP) is 3.68. The summed E-state index contributed by atoms with van der Waals surface area (Å²) in [6.07, 6.45) is 1.77. The Hall–Kier alpha value is -1.61. The van der Waals surface area contributed by atoms with Gasteiger partial charge in [0.1, 0.15) is 0 Å². The van der Waals surface area contributed by atoms with Gasteiger partial charge in [-0.25, -0.2) is 9.97 Å². The molecule has 1 aromatic carbocycles. The molecule has 0 aliphatic rings. The van der Waals surface area contributed by atoms with E-state index in [1.807, 2.05) is 12.1 Å². The lowest BCUT2D eigenvalue weighted by atomic mass is 9.92. The van der Waals surface area contributed by atoms with Crippen molar-refractivity contribution in [2.45, 2.75) is 26.2 Å². The zero-order valence-electron chi connectivity index (χ0n) is 10.7. The molecule has 0 atom stereocenters. The first-order chi connectivity index (χ1) is 8.38. The van der Waals surface area contributed by atoms with Crippen molar-refractivity contribution in [1.82, 2.24) is 9.97 Å². The predicted molar refractivity (Wildman–Crippen MR) is 75.6 cm³/mol. The second-order valence-electron chi connectivity index (χ2n) is 5.25. The average molecular weight is 262 g/mol. The molecule has 2 N–H and O–H groups in total. The van der Waals surface area contributed by atoms with Gasteiger partial charge in [0.25, 0.3) is 0 Å². The Morgan fingerprint density at radius 3 is 2.50 bits per heavy atom. The molecule has 1 aromatic heterocycles. The summed E-state index contributed by atoms with van der Waals surface area (Å²) in [6.45, 7) is 6.36. The zero-order valence-corrected chi connectivity index (χ0v) is 11.5. The van der Waals surface area contributed by atoms with Crippen molar-refractivity contribution in [3.8, 4) is 11.4 Å². The van der Waals surface area contributed by atoms with Crippen molar-refractivity contribution >= 4 is 17.3 Å². The summed E-state index contributed by atoms with van der Waals surface area (Å²) < 4.78 is 0. The fourth-order valence-electron chi connectivity index (χ4n) is 1.60. The van der Waals surface area contributed by atoms with E-state index in [4.69, 9.17) is 17.3 Å². The average Bonchev–Trinajstić information content (AvgIpc) is 2.32. The van der Waals surface area contributed by atoms with Gasteiger partial charge in [-0.3, -0.25) is 0 Å². The van der Waals surface area contributed by atoms with Gasteiger partial charge in [0.15, 0.2) is 5.82 Å². The van der Waals surface area contributed by atoms with Gasteiger partial charge in [0.05, 0.1) is 10.7 Å². The van der Waals surface area contributed by atoms with E-state index in [9.17, 15) is 0 Å².